The second-order valence-electron chi connectivity index (χ2n) is 4.18. The Morgan fingerprint density at radius 1 is 1.19 bits per heavy atom. The summed E-state index contributed by atoms with van der Waals surface area (Å²) in [5.74, 6) is -0.665. The van der Waals surface area contributed by atoms with Crippen molar-refractivity contribution in [1.29, 1.82) is 0 Å². The van der Waals surface area contributed by atoms with E-state index >= 15 is 0 Å². The van der Waals surface area contributed by atoms with Crippen LogP contribution in [0.3, 0.4) is 0 Å². The highest BCUT2D eigenvalue weighted by Gasteiger charge is 2.16. The van der Waals surface area contributed by atoms with Crippen molar-refractivity contribution in [2.45, 2.75) is 11.8 Å². The Hall–Kier alpha value is -2.61. The number of nitrogens with zero attached hydrogens (tertiary/aromatic N) is 1. The van der Waals surface area contributed by atoms with Crippen LogP contribution in [0.25, 0.3) is 0 Å². The van der Waals surface area contributed by atoms with Crippen LogP contribution in [0.2, 0.25) is 0 Å². The van der Waals surface area contributed by atoms with E-state index in [1.165, 1.54) is 49.5 Å². The minimum atomic E-state index is -3.87. The van der Waals surface area contributed by atoms with Gasteiger partial charge >= 0.3 is 0 Å². The van der Waals surface area contributed by atoms with Crippen molar-refractivity contribution < 1.29 is 18.3 Å². The molecule has 110 valence electrons. The summed E-state index contributed by atoms with van der Waals surface area (Å²) in [6, 6.07) is 8.42. The van der Waals surface area contributed by atoms with E-state index in [1.54, 1.807) is 0 Å². The van der Waals surface area contributed by atoms with E-state index in [1.807, 2.05) is 0 Å². The minimum Gasteiger partial charge on any atom is -0.504 e. The number of sulfonamides is 1. The monoisotopic (exact) mass is 307 g/mol. The third-order valence-electron chi connectivity index (χ3n) is 2.50. The van der Waals surface area contributed by atoms with Gasteiger partial charge in [-0.1, -0.05) is 0 Å². The second-order valence-corrected chi connectivity index (χ2v) is 5.86. The first kappa shape index (κ1) is 14.8. The number of aromatic hydroxyl groups is 1. The first-order valence-corrected chi connectivity index (χ1v) is 7.41. The summed E-state index contributed by atoms with van der Waals surface area (Å²) >= 11 is 0. The molecule has 0 spiro atoms. The summed E-state index contributed by atoms with van der Waals surface area (Å²) in [7, 11) is -3.87. The van der Waals surface area contributed by atoms with Gasteiger partial charge in [0.1, 0.15) is 0 Å². The molecule has 0 saturated carbocycles. The third kappa shape index (κ3) is 3.69. The first-order valence-electron chi connectivity index (χ1n) is 5.93. The summed E-state index contributed by atoms with van der Waals surface area (Å²) in [5.41, 5.74) is 0.488. The van der Waals surface area contributed by atoms with Gasteiger partial charge in [-0.2, -0.15) is 0 Å². The van der Waals surface area contributed by atoms with Crippen molar-refractivity contribution >= 4 is 27.4 Å². The van der Waals surface area contributed by atoms with Crippen LogP contribution in [0, 0.1) is 0 Å². The zero-order valence-corrected chi connectivity index (χ0v) is 11.9. The number of carbonyl (C=O) groups excluding carboxylic acids is 1. The van der Waals surface area contributed by atoms with Gasteiger partial charge in [-0.15, -0.1) is 0 Å². The second kappa shape index (κ2) is 5.80. The van der Waals surface area contributed by atoms with Gasteiger partial charge in [0, 0.05) is 18.8 Å². The van der Waals surface area contributed by atoms with Crippen LogP contribution in [-0.2, 0) is 14.8 Å². The molecule has 1 aromatic carbocycles. The normalized spacial score (nSPS) is 10.9. The number of hydrogen-bond donors (Lipinski definition) is 3. The molecule has 0 aliphatic heterocycles. The topological polar surface area (TPSA) is 108 Å². The molecule has 2 rings (SSSR count). The summed E-state index contributed by atoms with van der Waals surface area (Å²) in [5, 5.41) is 12.1. The van der Waals surface area contributed by atoms with Crippen molar-refractivity contribution in [3.8, 4) is 5.75 Å². The van der Waals surface area contributed by atoms with Crippen molar-refractivity contribution in [2.75, 3.05) is 10.0 Å². The molecular formula is C13H13N3O4S. The minimum absolute atomic E-state index is 0.0124. The Bertz CT molecular complexity index is 757. The van der Waals surface area contributed by atoms with Crippen molar-refractivity contribution in [3.05, 3.63) is 42.6 Å². The average molecular weight is 307 g/mol. The molecule has 0 unspecified atom stereocenters. The number of pyridine rings is 1. The van der Waals surface area contributed by atoms with Crippen molar-refractivity contribution in [2.24, 2.45) is 0 Å². The molecule has 2 aromatic rings. The van der Waals surface area contributed by atoms with Gasteiger partial charge in [0.15, 0.2) is 11.6 Å². The van der Waals surface area contributed by atoms with E-state index in [2.05, 4.69) is 15.0 Å². The molecule has 0 bridgehead atoms. The van der Waals surface area contributed by atoms with Gasteiger partial charge in [-0.25, -0.2) is 13.4 Å². The maximum atomic E-state index is 12.1. The fourth-order valence-corrected chi connectivity index (χ4v) is 2.61. The van der Waals surface area contributed by atoms with E-state index in [0.717, 1.165) is 0 Å². The molecule has 0 aliphatic carbocycles. The lowest BCUT2D eigenvalue weighted by Gasteiger charge is -2.09. The molecule has 21 heavy (non-hydrogen) atoms. The van der Waals surface area contributed by atoms with Crippen molar-refractivity contribution in [3.63, 3.8) is 0 Å². The standard InChI is InChI=1S/C13H13N3O4S/c1-9(17)15-10-4-6-11(7-5-10)21(19,20)16-13-12(18)3-2-8-14-13/h2-8,18H,1H3,(H,14,16)(H,15,17). The van der Waals surface area contributed by atoms with Crippen LogP contribution in [0.4, 0.5) is 11.5 Å². The number of aromatic nitrogens is 1. The molecular weight excluding hydrogens is 294 g/mol. The highest BCUT2D eigenvalue weighted by molar-refractivity contribution is 7.92. The van der Waals surface area contributed by atoms with E-state index < -0.39 is 10.0 Å². The van der Waals surface area contributed by atoms with Crippen LogP contribution >= 0.6 is 0 Å². The van der Waals surface area contributed by atoms with Crippen molar-refractivity contribution in [1.82, 2.24) is 4.98 Å². The Labute approximate surface area is 121 Å². The fourth-order valence-electron chi connectivity index (χ4n) is 1.58. The van der Waals surface area contributed by atoms with Gasteiger partial charge in [0.2, 0.25) is 5.91 Å². The van der Waals surface area contributed by atoms with Crippen LogP contribution in [0.5, 0.6) is 5.75 Å². The number of amides is 1. The number of nitrogens with one attached hydrogen (secondary N) is 2. The zero-order chi connectivity index (χ0) is 15.5. The van der Waals surface area contributed by atoms with Crippen LogP contribution in [0.15, 0.2) is 47.5 Å². The molecule has 0 radical (unpaired) electrons. The molecule has 0 atom stereocenters. The van der Waals surface area contributed by atoms with Gasteiger partial charge in [-0.3, -0.25) is 9.52 Å². The number of benzene rings is 1. The number of rotatable bonds is 4. The maximum absolute atomic E-state index is 12.1. The first-order chi connectivity index (χ1) is 9.88. The molecule has 1 heterocycles. The van der Waals surface area contributed by atoms with Crippen LogP contribution < -0.4 is 10.0 Å². The highest BCUT2D eigenvalue weighted by Crippen LogP contribution is 2.23. The smallest absolute Gasteiger partial charge is 0.263 e. The quantitative estimate of drug-likeness (QED) is 0.794. The fraction of sp³-hybridized carbons (Fsp3) is 0.0769. The lowest BCUT2D eigenvalue weighted by atomic mass is 10.3. The van der Waals surface area contributed by atoms with Gasteiger partial charge in [0.25, 0.3) is 10.0 Å². The third-order valence-corrected chi connectivity index (χ3v) is 3.86. The highest BCUT2D eigenvalue weighted by atomic mass is 32.2. The molecule has 1 amide bonds. The Morgan fingerprint density at radius 3 is 2.43 bits per heavy atom. The van der Waals surface area contributed by atoms with E-state index in [9.17, 15) is 18.3 Å². The summed E-state index contributed by atoms with van der Waals surface area (Å²) in [4.78, 5) is 14.6. The molecule has 3 N–H and O–H groups in total. The summed E-state index contributed by atoms with van der Waals surface area (Å²) < 4.78 is 26.5. The van der Waals surface area contributed by atoms with Gasteiger partial charge < -0.3 is 10.4 Å². The predicted molar refractivity (Wildman–Crippen MR) is 77.5 cm³/mol. The number of anilines is 2. The Balaban J connectivity index is 2.24. The number of hydrogen-bond acceptors (Lipinski definition) is 5. The largest absolute Gasteiger partial charge is 0.504 e. The van der Waals surface area contributed by atoms with E-state index in [-0.39, 0.29) is 22.4 Å². The van der Waals surface area contributed by atoms with Crippen LogP contribution in [0.1, 0.15) is 6.92 Å². The maximum Gasteiger partial charge on any atom is 0.263 e. The Morgan fingerprint density at radius 2 is 1.86 bits per heavy atom. The summed E-state index contributed by atoms with van der Waals surface area (Å²) in [6.45, 7) is 1.36. The predicted octanol–water partition coefficient (Wildman–Crippen LogP) is 1.55. The Kier molecular flexibility index (Phi) is 4.08. The average Bonchev–Trinajstić information content (AvgIpc) is 2.41. The number of carbonyl (C=O) groups is 1. The van der Waals surface area contributed by atoms with Crippen LogP contribution in [-0.4, -0.2) is 24.4 Å². The molecule has 1 aromatic heterocycles. The lowest BCUT2D eigenvalue weighted by molar-refractivity contribution is -0.114. The van der Waals surface area contributed by atoms with Gasteiger partial charge in [0.05, 0.1) is 4.90 Å². The molecule has 8 heteroatoms. The lowest BCUT2D eigenvalue weighted by Crippen LogP contribution is -2.14. The molecule has 7 nitrogen and oxygen atoms in total. The molecule has 0 fully saturated rings. The zero-order valence-electron chi connectivity index (χ0n) is 11.1. The molecule has 0 aliphatic rings. The summed E-state index contributed by atoms with van der Waals surface area (Å²) in [6.07, 6.45) is 1.36. The molecule has 0 saturated heterocycles. The van der Waals surface area contributed by atoms with E-state index in [4.69, 9.17) is 0 Å². The van der Waals surface area contributed by atoms with Gasteiger partial charge in [-0.05, 0) is 36.4 Å². The SMILES string of the molecule is CC(=O)Nc1ccc(S(=O)(=O)Nc2ncccc2O)cc1. The van der Waals surface area contributed by atoms with E-state index in [0.29, 0.717) is 5.69 Å².